The van der Waals surface area contributed by atoms with Crippen molar-refractivity contribution < 1.29 is 28.6 Å². The van der Waals surface area contributed by atoms with Crippen LogP contribution in [-0.2, 0) is 44.2 Å². The van der Waals surface area contributed by atoms with E-state index in [0.717, 1.165) is 22.1 Å². The van der Waals surface area contributed by atoms with Crippen molar-refractivity contribution in [1.82, 2.24) is 14.9 Å². The Hall–Kier alpha value is -3.63. The van der Waals surface area contributed by atoms with Gasteiger partial charge in [-0.2, -0.15) is 0 Å². The smallest absolute Gasteiger partial charge is 0.343 e. The molecule has 0 spiro atoms. The normalized spacial score (nSPS) is 21.1. The van der Waals surface area contributed by atoms with Crippen LogP contribution in [0.15, 0.2) is 16.9 Å². The fourth-order valence-corrected chi connectivity index (χ4v) is 6.40. The molecule has 6 rings (SSSR count). The highest BCUT2D eigenvalue weighted by Crippen LogP contribution is 2.46. The maximum atomic E-state index is 15.0. The van der Waals surface area contributed by atoms with Gasteiger partial charge in [0.15, 0.2) is 5.60 Å². The van der Waals surface area contributed by atoms with E-state index in [1.165, 1.54) is 6.07 Å². The Balaban J connectivity index is 1.57. The molecule has 3 aliphatic rings. The summed E-state index contributed by atoms with van der Waals surface area (Å²) in [6.45, 7) is 7.05. The van der Waals surface area contributed by atoms with Crippen molar-refractivity contribution in [3.05, 3.63) is 61.7 Å². The van der Waals surface area contributed by atoms with E-state index in [-0.39, 0.29) is 60.4 Å². The monoisotopic (exact) mass is 549 g/mol. The third-order valence-corrected chi connectivity index (χ3v) is 8.85. The van der Waals surface area contributed by atoms with E-state index in [4.69, 9.17) is 14.5 Å². The molecule has 210 valence electrons. The van der Waals surface area contributed by atoms with Gasteiger partial charge in [-0.05, 0) is 62.8 Å². The molecule has 0 radical (unpaired) electrons. The average molecular weight is 550 g/mol. The van der Waals surface area contributed by atoms with Crippen LogP contribution >= 0.6 is 0 Å². The predicted octanol–water partition coefficient (Wildman–Crippen LogP) is 3.45. The lowest BCUT2D eigenvalue weighted by Crippen LogP contribution is -2.44. The van der Waals surface area contributed by atoms with E-state index in [1.54, 1.807) is 31.6 Å². The SMILES string of the molecule is CC[C@@]1(O)C(=O)OCc2c1cc1n(c2=O)Cc2c-1nc1cc(F)c(C)c3c1c2[C@@H](NC(=O)CC(C)(C)OC)CC3. The van der Waals surface area contributed by atoms with Crippen LogP contribution < -0.4 is 10.9 Å². The molecule has 1 aliphatic carbocycles. The standard InChI is InChI=1S/C30H32FN3O6/c1-6-30(38)18-9-22-26-16(12-34(22)27(36)17(18)13-40-28(30)37)25-20(32-23(35)11-29(3,4)39-5)8-7-15-14(2)19(31)10-21(33-26)24(15)25/h9-10,20,38H,6-8,11-13H2,1-5H3,(H,32,35)/t20-,30-/m0/s1. The minimum Gasteiger partial charge on any atom is -0.458 e. The molecule has 0 bridgehead atoms. The summed E-state index contributed by atoms with van der Waals surface area (Å²) in [5.74, 6) is -1.34. The van der Waals surface area contributed by atoms with Gasteiger partial charge in [-0.1, -0.05) is 6.92 Å². The number of nitrogens with one attached hydrogen (secondary N) is 1. The third kappa shape index (κ3) is 3.72. The zero-order chi connectivity index (χ0) is 28.7. The highest BCUT2D eigenvalue weighted by atomic mass is 19.1. The number of amides is 1. The Morgan fingerprint density at radius 3 is 2.75 bits per heavy atom. The Bertz CT molecular complexity index is 1690. The lowest BCUT2D eigenvalue weighted by atomic mass is 9.81. The fourth-order valence-electron chi connectivity index (χ4n) is 6.40. The summed E-state index contributed by atoms with van der Waals surface area (Å²) >= 11 is 0. The van der Waals surface area contributed by atoms with Crippen LogP contribution in [0.4, 0.5) is 4.39 Å². The molecule has 4 heterocycles. The lowest BCUT2D eigenvalue weighted by Gasteiger charge is -2.31. The minimum absolute atomic E-state index is 0.0325. The van der Waals surface area contributed by atoms with Gasteiger partial charge in [0, 0.05) is 29.7 Å². The van der Waals surface area contributed by atoms with E-state index < -0.39 is 17.2 Å². The van der Waals surface area contributed by atoms with Crippen LogP contribution in [0.25, 0.3) is 22.3 Å². The van der Waals surface area contributed by atoms with Crippen molar-refractivity contribution in [3.63, 3.8) is 0 Å². The number of pyridine rings is 2. The van der Waals surface area contributed by atoms with E-state index >= 15 is 4.39 Å². The number of fused-ring (bicyclic) bond motifs is 5. The van der Waals surface area contributed by atoms with Crippen LogP contribution in [0, 0.1) is 12.7 Å². The van der Waals surface area contributed by atoms with Gasteiger partial charge >= 0.3 is 5.97 Å². The Morgan fingerprint density at radius 1 is 1.30 bits per heavy atom. The second-order valence-electron chi connectivity index (χ2n) is 11.6. The van der Waals surface area contributed by atoms with Crippen LogP contribution in [-0.4, -0.2) is 39.2 Å². The van der Waals surface area contributed by atoms with Gasteiger partial charge < -0.3 is 24.5 Å². The number of methoxy groups -OCH3 is 1. The Kier molecular flexibility index (Phi) is 5.94. The van der Waals surface area contributed by atoms with Gasteiger partial charge in [-0.25, -0.2) is 14.2 Å². The van der Waals surface area contributed by atoms with Gasteiger partial charge in [-0.3, -0.25) is 9.59 Å². The number of aryl methyl sites for hydroxylation is 1. The molecule has 0 saturated carbocycles. The Morgan fingerprint density at radius 2 is 2.05 bits per heavy atom. The first kappa shape index (κ1) is 26.6. The van der Waals surface area contributed by atoms with E-state index in [2.05, 4.69) is 5.32 Å². The molecule has 0 fully saturated rings. The summed E-state index contributed by atoms with van der Waals surface area (Å²) in [5, 5.41) is 15.2. The van der Waals surface area contributed by atoms with Crippen molar-refractivity contribution in [3.8, 4) is 11.4 Å². The first-order chi connectivity index (χ1) is 18.9. The molecule has 2 N–H and O–H groups in total. The maximum Gasteiger partial charge on any atom is 0.343 e. The van der Waals surface area contributed by atoms with Crippen LogP contribution in [0.2, 0.25) is 0 Å². The van der Waals surface area contributed by atoms with Crippen molar-refractivity contribution >= 4 is 22.8 Å². The third-order valence-electron chi connectivity index (χ3n) is 8.85. The second-order valence-corrected chi connectivity index (χ2v) is 11.6. The molecular weight excluding hydrogens is 517 g/mol. The molecule has 0 unspecified atom stereocenters. The minimum atomic E-state index is -1.95. The summed E-state index contributed by atoms with van der Waals surface area (Å²) in [6.07, 6.45) is 1.31. The highest BCUT2D eigenvalue weighted by molar-refractivity contribution is 5.94. The van der Waals surface area contributed by atoms with E-state index in [1.807, 2.05) is 13.8 Å². The Labute approximate surface area is 230 Å². The molecule has 2 aliphatic heterocycles. The molecule has 40 heavy (non-hydrogen) atoms. The number of aromatic nitrogens is 2. The summed E-state index contributed by atoms with van der Waals surface area (Å²) in [7, 11) is 1.56. The number of halogens is 1. The number of ether oxygens (including phenoxy) is 2. The molecule has 9 nitrogen and oxygen atoms in total. The summed E-state index contributed by atoms with van der Waals surface area (Å²) in [6, 6.07) is 2.66. The number of carbonyl (C=O) groups excluding carboxylic acids is 2. The number of benzene rings is 1. The van der Waals surface area contributed by atoms with Crippen molar-refractivity contribution in [2.75, 3.05) is 7.11 Å². The van der Waals surface area contributed by atoms with E-state index in [9.17, 15) is 19.5 Å². The van der Waals surface area contributed by atoms with Gasteiger partial charge in [0.05, 0.1) is 47.1 Å². The number of nitrogens with zero attached hydrogens (tertiary/aromatic N) is 2. The van der Waals surface area contributed by atoms with Gasteiger partial charge in [-0.15, -0.1) is 0 Å². The molecule has 1 aromatic carbocycles. The van der Waals surface area contributed by atoms with Gasteiger partial charge in [0.2, 0.25) is 5.91 Å². The molecule has 2 atom stereocenters. The first-order valence-electron chi connectivity index (χ1n) is 13.6. The summed E-state index contributed by atoms with van der Waals surface area (Å²) in [4.78, 5) is 44.2. The van der Waals surface area contributed by atoms with Gasteiger partial charge in [0.25, 0.3) is 5.56 Å². The van der Waals surface area contributed by atoms with Crippen LogP contribution in [0.3, 0.4) is 0 Å². The number of aliphatic hydroxyl groups is 1. The summed E-state index contributed by atoms with van der Waals surface area (Å²) < 4.78 is 27.2. The van der Waals surface area contributed by atoms with Crippen molar-refractivity contribution in [2.45, 2.75) is 83.8 Å². The number of carbonyl (C=O) groups is 2. The largest absolute Gasteiger partial charge is 0.458 e. The molecule has 2 aromatic heterocycles. The number of hydrogen-bond donors (Lipinski definition) is 2. The predicted molar refractivity (Wildman–Crippen MR) is 144 cm³/mol. The van der Waals surface area contributed by atoms with Crippen LogP contribution in [0.5, 0.6) is 0 Å². The van der Waals surface area contributed by atoms with E-state index in [0.29, 0.717) is 35.3 Å². The number of cyclic esters (lactones) is 1. The number of rotatable bonds is 5. The number of esters is 1. The first-order valence-corrected chi connectivity index (χ1v) is 13.6. The molecule has 0 saturated heterocycles. The van der Waals surface area contributed by atoms with Gasteiger partial charge in [0.1, 0.15) is 12.4 Å². The highest BCUT2D eigenvalue weighted by Gasteiger charge is 2.46. The molecule has 1 amide bonds. The zero-order valence-electron chi connectivity index (χ0n) is 23.2. The summed E-state index contributed by atoms with van der Waals surface area (Å²) in [5.41, 5.74) is 1.83. The lowest BCUT2D eigenvalue weighted by molar-refractivity contribution is -0.172. The molecular formula is C30H32FN3O6. The average Bonchev–Trinajstić information content (AvgIpc) is 3.28. The number of hydrogen-bond acceptors (Lipinski definition) is 7. The topological polar surface area (TPSA) is 120 Å². The molecule has 3 aromatic rings. The van der Waals surface area contributed by atoms with Crippen molar-refractivity contribution in [2.24, 2.45) is 0 Å². The fraction of sp³-hybridized carbons (Fsp3) is 0.467. The van der Waals surface area contributed by atoms with Crippen molar-refractivity contribution in [1.29, 1.82) is 0 Å². The van der Waals surface area contributed by atoms with Crippen LogP contribution in [0.1, 0.15) is 79.5 Å². The maximum absolute atomic E-state index is 15.0. The second kappa shape index (κ2) is 8.94. The zero-order valence-corrected chi connectivity index (χ0v) is 23.2. The molecule has 10 heteroatoms. The quantitative estimate of drug-likeness (QED) is 0.366.